The van der Waals surface area contributed by atoms with Crippen molar-refractivity contribution < 1.29 is 39.6 Å². The summed E-state index contributed by atoms with van der Waals surface area (Å²) in [5.41, 5.74) is 0. The Morgan fingerprint density at radius 2 is 1.00 bits per heavy atom. The van der Waals surface area contributed by atoms with Crippen LogP contribution in [0.1, 0.15) is 0 Å². The van der Waals surface area contributed by atoms with Gasteiger partial charge in [-0.15, -0.1) is 0 Å². The van der Waals surface area contributed by atoms with Gasteiger partial charge in [0.1, 0.15) is 0 Å². The number of hydrogen-bond acceptors (Lipinski definition) is 7. The first-order valence-corrected chi connectivity index (χ1v) is 5.50. The minimum Gasteiger partial charge on any atom is -0.549 e. The van der Waals surface area contributed by atoms with Gasteiger partial charge in [0.15, 0.2) is 0 Å². The van der Waals surface area contributed by atoms with Gasteiger partial charge in [0.2, 0.25) is 0 Å². The third-order valence-corrected chi connectivity index (χ3v) is 2.16. The molecule has 0 unspecified atom stereocenters. The van der Waals surface area contributed by atoms with E-state index in [0.717, 1.165) is 9.80 Å². The third-order valence-electron chi connectivity index (χ3n) is 2.16. The summed E-state index contributed by atoms with van der Waals surface area (Å²) in [6.45, 7) is -2.50. The smallest absolute Gasteiger partial charge is 0.317 e. The second kappa shape index (κ2) is 11.3. The fourth-order valence-corrected chi connectivity index (χ4v) is 1.47. The zero-order valence-corrected chi connectivity index (χ0v) is 13.5. The van der Waals surface area contributed by atoms with Gasteiger partial charge in [-0.3, -0.25) is 24.2 Å². The van der Waals surface area contributed by atoms with E-state index in [2.05, 4.69) is 0 Å². The number of carboxylic acid groups (broad SMARTS) is 4. The van der Waals surface area contributed by atoms with Crippen LogP contribution in [0, 0.1) is 0 Å². The van der Waals surface area contributed by atoms with Gasteiger partial charge in [0.05, 0.1) is 25.6 Å². The summed E-state index contributed by atoms with van der Waals surface area (Å²) >= 11 is 0. The molecular weight excluding hydrogens is 398 g/mol. The Bertz CT molecular complexity index is 321. The number of hydrogen-bond donors (Lipinski definition) is 3. The molecule has 0 aliphatic heterocycles. The van der Waals surface area contributed by atoms with Crippen molar-refractivity contribution >= 4 is 48.3 Å². The Balaban J connectivity index is 0. The second-order valence-corrected chi connectivity index (χ2v) is 3.97. The summed E-state index contributed by atoms with van der Waals surface area (Å²) in [4.78, 5) is 44.1. The molecule has 0 amide bonds. The van der Waals surface area contributed by atoms with E-state index < -0.39 is 50.1 Å². The molecule has 0 aliphatic rings. The predicted octanol–water partition coefficient (Wildman–Crippen LogP) is -3.79. The summed E-state index contributed by atoms with van der Waals surface area (Å²) in [5.74, 6) is -5.21. The van der Waals surface area contributed by atoms with Crippen LogP contribution in [0.3, 0.4) is 0 Å². The number of rotatable bonds is 11. The van der Waals surface area contributed by atoms with Crippen LogP contribution < -0.4 is 5.11 Å². The average molecular weight is 413 g/mol. The Kier molecular flexibility index (Phi) is 11.8. The van der Waals surface area contributed by atoms with Gasteiger partial charge in [0, 0.05) is 44.1 Å². The topological polar surface area (TPSA) is 159 Å². The van der Waals surface area contributed by atoms with Gasteiger partial charge in [-0.05, 0) is 0 Å². The van der Waals surface area contributed by atoms with E-state index in [9.17, 15) is 24.3 Å². The van der Waals surface area contributed by atoms with Gasteiger partial charge in [-0.1, -0.05) is 0 Å². The molecule has 0 spiro atoms. The number of carboxylic acids is 4. The molecule has 3 radical (unpaired) electrons. The van der Waals surface area contributed by atoms with Crippen molar-refractivity contribution in [1.29, 1.82) is 0 Å². The zero-order chi connectivity index (χ0) is 15.7. The van der Waals surface area contributed by atoms with E-state index in [1.807, 2.05) is 0 Å². The van der Waals surface area contributed by atoms with Crippen molar-refractivity contribution in [3.63, 3.8) is 0 Å². The average Bonchev–Trinajstić information content (AvgIpc) is 2.22. The molecule has 3 N–H and O–H groups in total. The fraction of sp³-hybridized carbons (Fsp3) is 0.600. The molecule has 0 atom stereocenters. The van der Waals surface area contributed by atoms with Gasteiger partial charge < -0.3 is 25.2 Å². The van der Waals surface area contributed by atoms with Crippen molar-refractivity contribution in [3.8, 4) is 0 Å². The van der Waals surface area contributed by atoms with Crippen LogP contribution in [0.25, 0.3) is 0 Å². The van der Waals surface area contributed by atoms with Gasteiger partial charge in [-0.25, -0.2) is 0 Å². The van der Waals surface area contributed by atoms with E-state index in [1.54, 1.807) is 0 Å². The van der Waals surface area contributed by atoms with Crippen LogP contribution in [0.4, 0.5) is 0 Å². The molecule has 0 fully saturated rings. The molecule has 0 aromatic heterocycles. The summed E-state index contributed by atoms with van der Waals surface area (Å²) in [6.07, 6.45) is 0. The number of carbonyl (C=O) groups excluding carboxylic acids is 1. The molecule has 21 heavy (non-hydrogen) atoms. The zero-order valence-electron chi connectivity index (χ0n) is 11.0. The second-order valence-electron chi connectivity index (χ2n) is 3.97. The fourth-order valence-electron chi connectivity index (χ4n) is 1.47. The Morgan fingerprint density at radius 1 is 0.714 bits per heavy atom. The van der Waals surface area contributed by atoms with Crippen LogP contribution in [0.2, 0.25) is 0 Å². The molecule has 0 bridgehead atoms. The summed E-state index contributed by atoms with van der Waals surface area (Å²) in [7, 11) is 0. The molecular formula is C10H15N2O8Sb-. The minimum absolute atomic E-state index is 0. The molecule has 0 aromatic rings. The number of nitrogens with zero attached hydrogens (tertiary/aromatic N) is 2. The molecule has 0 saturated carbocycles. The van der Waals surface area contributed by atoms with Crippen LogP contribution in [0.5, 0.6) is 0 Å². The normalized spacial score (nSPS) is 10.2. The standard InChI is InChI=1S/C10H16N2O8.Sb/c13-7(14)3-11(4-8(15)16)1-2-12(5-9(17)18)6-10(19)20;/h1-6H2,(H,13,14)(H,15,16)(H,17,18)(H,19,20);/p-1. The molecule has 0 aromatic carbocycles. The van der Waals surface area contributed by atoms with Gasteiger partial charge >= 0.3 is 17.9 Å². The Labute approximate surface area is 137 Å². The number of carbonyl (C=O) groups is 4. The van der Waals surface area contributed by atoms with Crippen molar-refractivity contribution in [2.75, 3.05) is 39.3 Å². The molecule has 0 saturated heterocycles. The maximum absolute atomic E-state index is 10.5. The first-order chi connectivity index (χ1) is 9.20. The third kappa shape index (κ3) is 13.4. The van der Waals surface area contributed by atoms with Crippen molar-refractivity contribution in [2.45, 2.75) is 0 Å². The summed E-state index contributed by atoms with van der Waals surface area (Å²) < 4.78 is 0. The van der Waals surface area contributed by atoms with E-state index >= 15 is 0 Å². The van der Waals surface area contributed by atoms with Crippen molar-refractivity contribution in [2.24, 2.45) is 0 Å². The molecule has 10 nitrogen and oxygen atoms in total. The van der Waals surface area contributed by atoms with Crippen LogP contribution >= 0.6 is 0 Å². The van der Waals surface area contributed by atoms with E-state index in [4.69, 9.17) is 15.3 Å². The predicted molar refractivity (Wildman–Crippen MR) is 66.5 cm³/mol. The largest absolute Gasteiger partial charge is 0.549 e. The molecule has 0 rings (SSSR count). The minimum atomic E-state index is -1.48. The van der Waals surface area contributed by atoms with Crippen molar-refractivity contribution in [3.05, 3.63) is 0 Å². The SMILES string of the molecule is O=C([O-])CN(CCN(CC(=O)O)CC(=O)O)CC(=O)O.[Sb]. The van der Waals surface area contributed by atoms with Crippen LogP contribution in [-0.2, 0) is 19.2 Å². The van der Waals surface area contributed by atoms with Crippen LogP contribution in [-0.4, -0.2) is 113 Å². The Morgan fingerprint density at radius 3 is 1.24 bits per heavy atom. The summed E-state index contributed by atoms with van der Waals surface area (Å²) in [5, 5.41) is 36.3. The first kappa shape index (κ1) is 21.9. The Hall–Kier alpha value is -1.38. The maximum atomic E-state index is 10.5. The van der Waals surface area contributed by atoms with Crippen LogP contribution in [0.15, 0.2) is 0 Å². The molecule has 0 heterocycles. The van der Waals surface area contributed by atoms with E-state index in [-0.39, 0.29) is 37.5 Å². The molecule has 0 aliphatic carbocycles. The molecule has 11 heteroatoms. The van der Waals surface area contributed by atoms with E-state index in [0.29, 0.717) is 0 Å². The number of aliphatic carboxylic acids is 4. The first-order valence-electron chi connectivity index (χ1n) is 5.50. The molecule has 119 valence electrons. The summed E-state index contributed by atoms with van der Waals surface area (Å²) in [6, 6.07) is 0. The quantitative estimate of drug-likeness (QED) is 0.287. The van der Waals surface area contributed by atoms with Crippen molar-refractivity contribution in [1.82, 2.24) is 9.80 Å². The maximum Gasteiger partial charge on any atom is 0.317 e. The van der Waals surface area contributed by atoms with Gasteiger partial charge in [0.25, 0.3) is 0 Å². The van der Waals surface area contributed by atoms with Gasteiger partial charge in [-0.2, -0.15) is 0 Å². The monoisotopic (exact) mass is 412 g/mol. The van der Waals surface area contributed by atoms with E-state index in [1.165, 1.54) is 0 Å².